The van der Waals surface area contributed by atoms with Gasteiger partial charge in [-0.05, 0) is 26.3 Å². The number of rotatable bonds is 8. The topological polar surface area (TPSA) is 30.5 Å². The second-order valence-electron chi connectivity index (χ2n) is 5.03. The van der Waals surface area contributed by atoms with Crippen molar-refractivity contribution in [3.63, 3.8) is 0 Å². The predicted molar refractivity (Wildman–Crippen MR) is 75.9 cm³/mol. The fourth-order valence-corrected chi connectivity index (χ4v) is 2.72. The van der Waals surface area contributed by atoms with Crippen LogP contribution in [0.2, 0.25) is 0 Å². The summed E-state index contributed by atoms with van der Waals surface area (Å²) in [6, 6.07) is 0.360. The summed E-state index contributed by atoms with van der Waals surface area (Å²) in [5.41, 5.74) is 1.23. The summed E-state index contributed by atoms with van der Waals surface area (Å²) < 4.78 is 11.6. The molecule has 1 atom stereocenters. The Bertz CT molecular complexity index is 241. The highest BCUT2D eigenvalue weighted by molar-refractivity contribution is 5.04. The highest BCUT2D eigenvalue weighted by Crippen LogP contribution is 2.32. The molecule has 106 valence electrons. The number of nitrogens with one attached hydrogen (secondary N) is 1. The third-order valence-corrected chi connectivity index (χ3v) is 3.85. The minimum absolute atomic E-state index is 0.0683. The van der Waals surface area contributed by atoms with Gasteiger partial charge in [0.25, 0.3) is 0 Å². The average molecular weight is 255 g/mol. The van der Waals surface area contributed by atoms with Crippen molar-refractivity contribution in [3.05, 3.63) is 12.2 Å². The molecule has 0 aromatic rings. The fraction of sp³-hybridized carbons (Fsp3) is 0.867. The Labute approximate surface area is 112 Å². The zero-order valence-corrected chi connectivity index (χ0v) is 12.3. The van der Waals surface area contributed by atoms with E-state index in [2.05, 4.69) is 32.7 Å². The van der Waals surface area contributed by atoms with Crippen molar-refractivity contribution in [2.75, 3.05) is 26.4 Å². The van der Waals surface area contributed by atoms with Crippen molar-refractivity contribution >= 4 is 0 Å². The minimum atomic E-state index is -0.0683. The van der Waals surface area contributed by atoms with Gasteiger partial charge in [-0.2, -0.15) is 0 Å². The third-order valence-electron chi connectivity index (χ3n) is 3.85. The molecule has 1 saturated heterocycles. The van der Waals surface area contributed by atoms with Crippen LogP contribution in [0.5, 0.6) is 0 Å². The Balaban J connectivity index is 2.78. The fourth-order valence-electron chi connectivity index (χ4n) is 2.72. The van der Waals surface area contributed by atoms with E-state index in [1.807, 2.05) is 0 Å². The third kappa shape index (κ3) is 4.08. The quantitative estimate of drug-likeness (QED) is 0.677. The van der Waals surface area contributed by atoms with Crippen molar-refractivity contribution in [2.45, 2.75) is 58.1 Å². The number of hydrogen-bond acceptors (Lipinski definition) is 3. The standard InChI is InChI=1S/C15H29NO2/c1-5-13(4)12-14(16-6-2)15(18-7-3)8-10-17-11-9-15/h14,16H,4-12H2,1-3H3. The van der Waals surface area contributed by atoms with E-state index in [4.69, 9.17) is 9.47 Å². The Morgan fingerprint density at radius 3 is 2.50 bits per heavy atom. The van der Waals surface area contributed by atoms with Crippen LogP contribution in [0.3, 0.4) is 0 Å². The molecule has 18 heavy (non-hydrogen) atoms. The van der Waals surface area contributed by atoms with Crippen LogP contribution < -0.4 is 5.32 Å². The van der Waals surface area contributed by atoms with Crippen LogP contribution >= 0.6 is 0 Å². The molecule has 0 saturated carbocycles. The molecule has 1 rings (SSSR count). The normalized spacial score (nSPS) is 20.6. The number of hydrogen-bond donors (Lipinski definition) is 1. The lowest BCUT2D eigenvalue weighted by molar-refractivity contribution is -0.126. The molecule has 0 aromatic carbocycles. The Morgan fingerprint density at radius 1 is 1.33 bits per heavy atom. The molecule has 1 aliphatic heterocycles. The van der Waals surface area contributed by atoms with E-state index in [9.17, 15) is 0 Å². The molecule has 1 unspecified atom stereocenters. The van der Waals surface area contributed by atoms with Crippen LogP contribution in [0, 0.1) is 0 Å². The molecule has 0 aliphatic carbocycles. The summed E-state index contributed by atoms with van der Waals surface area (Å²) in [4.78, 5) is 0. The summed E-state index contributed by atoms with van der Waals surface area (Å²) in [6.07, 6.45) is 4.01. The summed E-state index contributed by atoms with van der Waals surface area (Å²) in [5.74, 6) is 0. The number of likely N-dealkylation sites (N-methyl/N-ethyl adjacent to an activating group) is 1. The van der Waals surface area contributed by atoms with Gasteiger partial charge in [0.05, 0.1) is 5.60 Å². The molecule has 1 N–H and O–H groups in total. The van der Waals surface area contributed by atoms with Gasteiger partial charge >= 0.3 is 0 Å². The van der Waals surface area contributed by atoms with Crippen LogP contribution in [0.1, 0.15) is 46.5 Å². The zero-order chi connectivity index (χ0) is 13.4. The monoisotopic (exact) mass is 255 g/mol. The van der Waals surface area contributed by atoms with Gasteiger partial charge in [-0.25, -0.2) is 0 Å². The SMILES string of the molecule is C=C(CC)CC(NCC)C1(OCC)CCOCC1. The van der Waals surface area contributed by atoms with Gasteiger partial charge in [0.2, 0.25) is 0 Å². The molecular formula is C15H29NO2. The molecule has 0 spiro atoms. The summed E-state index contributed by atoms with van der Waals surface area (Å²) in [5, 5.41) is 3.60. The van der Waals surface area contributed by atoms with E-state index in [1.54, 1.807) is 0 Å². The second-order valence-corrected chi connectivity index (χ2v) is 5.03. The lowest BCUT2D eigenvalue weighted by Crippen LogP contribution is -2.55. The van der Waals surface area contributed by atoms with Crippen molar-refractivity contribution in [3.8, 4) is 0 Å². The summed E-state index contributed by atoms with van der Waals surface area (Å²) in [6.45, 7) is 13.9. The highest BCUT2D eigenvalue weighted by atomic mass is 16.5. The van der Waals surface area contributed by atoms with Crippen molar-refractivity contribution in [1.29, 1.82) is 0 Å². The van der Waals surface area contributed by atoms with Crippen LogP contribution in [0.4, 0.5) is 0 Å². The molecule has 0 amide bonds. The molecule has 0 radical (unpaired) electrons. The van der Waals surface area contributed by atoms with E-state index in [-0.39, 0.29) is 5.60 Å². The van der Waals surface area contributed by atoms with E-state index in [0.29, 0.717) is 6.04 Å². The van der Waals surface area contributed by atoms with Crippen molar-refractivity contribution in [2.24, 2.45) is 0 Å². The maximum Gasteiger partial charge on any atom is 0.0881 e. The van der Waals surface area contributed by atoms with E-state index < -0.39 is 0 Å². The minimum Gasteiger partial charge on any atom is -0.381 e. The molecular weight excluding hydrogens is 226 g/mol. The van der Waals surface area contributed by atoms with Crippen LogP contribution in [-0.2, 0) is 9.47 Å². The van der Waals surface area contributed by atoms with Gasteiger partial charge in [-0.1, -0.05) is 26.0 Å². The molecule has 0 aromatic heterocycles. The lowest BCUT2D eigenvalue weighted by atomic mass is 9.82. The molecule has 0 bridgehead atoms. The van der Waals surface area contributed by atoms with Gasteiger partial charge in [0.1, 0.15) is 0 Å². The first-order chi connectivity index (χ1) is 8.68. The first kappa shape index (κ1) is 15.7. The first-order valence-corrected chi connectivity index (χ1v) is 7.30. The predicted octanol–water partition coefficient (Wildman–Crippen LogP) is 2.91. The van der Waals surface area contributed by atoms with Crippen LogP contribution in [0.25, 0.3) is 0 Å². The van der Waals surface area contributed by atoms with Gasteiger partial charge in [-0.3, -0.25) is 0 Å². The van der Waals surface area contributed by atoms with E-state index in [0.717, 1.165) is 52.0 Å². The second kappa shape index (κ2) is 7.93. The molecule has 1 fully saturated rings. The molecule has 1 heterocycles. The smallest absolute Gasteiger partial charge is 0.0881 e. The van der Waals surface area contributed by atoms with Crippen molar-refractivity contribution < 1.29 is 9.47 Å². The molecule has 3 nitrogen and oxygen atoms in total. The van der Waals surface area contributed by atoms with Crippen LogP contribution in [-0.4, -0.2) is 38.0 Å². The summed E-state index contributed by atoms with van der Waals surface area (Å²) in [7, 11) is 0. The Hall–Kier alpha value is -0.380. The molecule has 1 aliphatic rings. The Morgan fingerprint density at radius 2 is 2.00 bits per heavy atom. The lowest BCUT2D eigenvalue weighted by Gasteiger charge is -2.43. The van der Waals surface area contributed by atoms with E-state index >= 15 is 0 Å². The van der Waals surface area contributed by atoms with Gasteiger partial charge < -0.3 is 14.8 Å². The number of ether oxygens (including phenoxy) is 2. The maximum atomic E-state index is 6.15. The van der Waals surface area contributed by atoms with Gasteiger partial charge in [0.15, 0.2) is 0 Å². The largest absolute Gasteiger partial charge is 0.381 e. The highest BCUT2D eigenvalue weighted by Gasteiger charge is 2.40. The van der Waals surface area contributed by atoms with Crippen molar-refractivity contribution in [1.82, 2.24) is 5.32 Å². The molecule has 3 heteroatoms. The average Bonchev–Trinajstić information content (AvgIpc) is 2.39. The maximum absolute atomic E-state index is 6.15. The Kier molecular flexibility index (Phi) is 6.90. The van der Waals surface area contributed by atoms with Crippen LogP contribution in [0.15, 0.2) is 12.2 Å². The van der Waals surface area contributed by atoms with E-state index in [1.165, 1.54) is 5.57 Å². The van der Waals surface area contributed by atoms with Gasteiger partial charge in [-0.15, -0.1) is 0 Å². The summed E-state index contributed by atoms with van der Waals surface area (Å²) >= 11 is 0. The first-order valence-electron chi connectivity index (χ1n) is 7.30. The van der Waals surface area contributed by atoms with Gasteiger partial charge in [0, 0.05) is 38.7 Å². The zero-order valence-electron chi connectivity index (χ0n) is 12.3.